The third kappa shape index (κ3) is 4.17. The maximum absolute atomic E-state index is 14.7. The maximum atomic E-state index is 14.7. The van der Waals surface area contributed by atoms with E-state index in [0.717, 1.165) is 0 Å². The van der Waals surface area contributed by atoms with Gasteiger partial charge >= 0.3 is 0 Å². The molecule has 28 heavy (non-hydrogen) atoms. The van der Waals surface area contributed by atoms with Crippen LogP contribution in [0.5, 0.6) is 0 Å². The van der Waals surface area contributed by atoms with Gasteiger partial charge in [-0.1, -0.05) is 42.5 Å². The fourth-order valence-corrected chi connectivity index (χ4v) is 3.62. The van der Waals surface area contributed by atoms with Crippen molar-refractivity contribution in [3.8, 4) is 11.3 Å². The van der Waals surface area contributed by atoms with Crippen molar-refractivity contribution < 1.29 is 12.8 Å². The lowest BCUT2D eigenvalue weighted by Gasteiger charge is -2.09. The SMILES string of the molecule is [CH]c1ncc(-c2ccc(S(=O)(=O)C(C)C)cc2)nc1/C(F)=C/c1ccccc1. The Morgan fingerprint density at radius 2 is 1.71 bits per heavy atom. The highest BCUT2D eigenvalue weighted by atomic mass is 32.2. The summed E-state index contributed by atoms with van der Waals surface area (Å²) in [5, 5.41) is -0.515. The highest BCUT2D eigenvalue weighted by molar-refractivity contribution is 7.92. The molecular formula is C22H19FN2O2S. The molecule has 0 unspecified atom stereocenters. The molecule has 0 aliphatic rings. The van der Waals surface area contributed by atoms with Gasteiger partial charge in [-0.05, 0) is 37.6 Å². The summed E-state index contributed by atoms with van der Waals surface area (Å²) in [4.78, 5) is 8.55. The Morgan fingerprint density at radius 1 is 1.07 bits per heavy atom. The first-order valence-electron chi connectivity index (χ1n) is 8.68. The second-order valence-electron chi connectivity index (χ2n) is 6.51. The van der Waals surface area contributed by atoms with Crippen molar-refractivity contribution in [1.82, 2.24) is 9.97 Å². The van der Waals surface area contributed by atoms with E-state index in [-0.39, 0.29) is 16.3 Å². The van der Waals surface area contributed by atoms with Crippen LogP contribution < -0.4 is 0 Å². The predicted octanol–water partition coefficient (Wildman–Crippen LogP) is 4.85. The van der Waals surface area contributed by atoms with Crippen LogP contribution in [-0.4, -0.2) is 23.6 Å². The van der Waals surface area contributed by atoms with E-state index in [1.807, 2.05) is 6.07 Å². The summed E-state index contributed by atoms with van der Waals surface area (Å²) in [6, 6.07) is 15.2. The van der Waals surface area contributed by atoms with E-state index in [4.69, 9.17) is 6.92 Å². The molecule has 1 aromatic heterocycles. The number of sulfone groups is 1. The number of hydrogen-bond donors (Lipinski definition) is 0. The molecule has 0 atom stereocenters. The third-order valence-electron chi connectivity index (χ3n) is 4.22. The Hall–Kier alpha value is -2.86. The topological polar surface area (TPSA) is 59.9 Å². The molecule has 142 valence electrons. The number of aromatic nitrogens is 2. The number of halogens is 1. The second kappa shape index (κ2) is 8.02. The van der Waals surface area contributed by atoms with Gasteiger partial charge in [-0.3, -0.25) is 4.98 Å². The van der Waals surface area contributed by atoms with E-state index in [2.05, 4.69) is 9.97 Å². The van der Waals surface area contributed by atoms with Gasteiger partial charge in [0.05, 0.1) is 27.7 Å². The Balaban J connectivity index is 1.97. The van der Waals surface area contributed by atoms with Crippen molar-refractivity contribution >= 4 is 21.7 Å². The molecule has 3 aromatic rings. The molecule has 0 saturated carbocycles. The summed E-state index contributed by atoms with van der Waals surface area (Å²) in [7, 11) is -3.36. The smallest absolute Gasteiger partial charge is 0.180 e. The first kappa shape index (κ1) is 19.9. The van der Waals surface area contributed by atoms with Gasteiger partial charge in [0, 0.05) is 12.5 Å². The minimum absolute atomic E-state index is 0.0209. The summed E-state index contributed by atoms with van der Waals surface area (Å²) in [5.74, 6) is -0.600. The van der Waals surface area contributed by atoms with Gasteiger partial charge in [-0.25, -0.2) is 17.8 Å². The summed E-state index contributed by atoms with van der Waals surface area (Å²) < 4.78 is 39.2. The average Bonchev–Trinajstić information content (AvgIpc) is 2.69. The van der Waals surface area contributed by atoms with Crippen molar-refractivity contribution in [2.45, 2.75) is 24.0 Å². The van der Waals surface area contributed by atoms with Gasteiger partial charge < -0.3 is 0 Å². The van der Waals surface area contributed by atoms with E-state index in [9.17, 15) is 12.8 Å². The summed E-state index contributed by atoms with van der Waals surface area (Å²) >= 11 is 0. The lowest BCUT2D eigenvalue weighted by molar-refractivity contribution is 0.587. The van der Waals surface area contributed by atoms with Crippen LogP contribution in [0.25, 0.3) is 23.2 Å². The van der Waals surface area contributed by atoms with Crippen LogP contribution in [0.1, 0.15) is 30.8 Å². The highest BCUT2D eigenvalue weighted by Crippen LogP contribution is 2.25. The van der Waals surface area contributed by atoms with Gasteiger partial charge in [0.2, 0.25) is 0 Å². The first-order valence-corrected chi connectivity index (χ1v) is 10.2. The van der Waals surface area contributed by atoms with Crippen LogP contribution in [0, 0.1) is 6.92 Å². The molecule has 2 radical (unpaired) electrons. The van der Waals surface area contributed by atoms with E-state index >= 15 is 0 Å². The fraction of sp³-hybridized carbons (Fsp3) is 0.136. The molecule has 0 fully saturated rings. The normalized spacial score (nSPS) is 12.4. The van der Waals surface area contributed by atoms with Crippen LogP contribution in [0.2, 0.25) is 0 Å². The number of benzene rings is 2. The lowest BCUT2D eigenvalue weighted by atomic mass is 10.1. The molecule has 4 nitrogen and oxygen atoms in total. The minimum atomic E-state index is -3.36. The summed E-state index contributed by atoms with van der Waals surface area (Å²) in [5.41, 5.74) is 1.61. The highest BCUT2D eigenvalue weighted by Gasteiger charge is 2.19. The van der Waals surface area contributed by atoms with E-state index in [1.165, 1.54) is 24.4 Å². The zero-order valence-corrected chi connectivity index (χ0v) is 16.3. The number of rotatable bonds is 5. The van der Waals surface area contributed by atoms with E-state index < -0.39 is 20.9 Å². The van der Waals surface area contributed by atoms with Gasteiger partial charge in [0.1, 0.15) is 5.69 Å². The monoisotopic (exact) mass is 394 g/mol. The molecule has 3 rings (SSSR count). The van der Waals surface area contributed by atoms with Crippen molar-refractivity contribution in [3.63, 3.8) is 0 Å². The molecule has 1 heterocycles. The Labute approximate surface area is 164 Å². The quantitative estimate of drug-likeness (QED) is 0.620. The second-order valence-corrected chi connectivity index (χ2v) is 9.01. The first-order chi connectivity index (χ1) is 13.3. The van der Waals surface area contributed by atoms with Gasteiger partial charge in [0.25, 0.3) is 0 Å². The van der Waals surface area contributed by atoms with Crippen molar-refractivity contribution in [2.75, 3.05) is 0 Å². The zero-order valence-electron chi connectivity index (χ0n) is 15.5. The lowest BCUT2D eigenvalue weighted by Crippen LogP contribution is -2.13. The Morgan fingerprint density at radius 3 is 2.32 bits per heavy atom. The number of nitrogens with zero attached hydrogens (tertiary/aromatic N) is 2. The molecular weight excluding hydrogens is 375 g/mol. The van der Waals surface area contributed by atoms with Crippen LogP contribution in [0.3, 0.4) is 0 Å². The zero-order chi connectivity index (χ0) is 20.3. The molecule has 0 N–H and O–H groups in total. The predicted molar refractivity (Wildman–Crippen MR) is 109 cm³/mol. The van der Waals surface area contributed by atoms with E-state index in [1.54, 1.807) is 50.2 Å². The van der Waals surface area contributed by atoms with Crippen LogP contribution in [-0.2, 0) is 9.84 Å². The largest absolute Gasteiger partial charge is 0.256 e. The molecule has 0 aliphatic carbocycles. The standard InChI is InChI=1S/C22H19FN2O2S/c1-15(2)28(26,27)19-11-9-18(10-12-19)21-14-24-16(3)22(25-21)20(23)13-17-7-5-4-6-8-17/h3-15H,1-2H3/b20-13-. The van der Waals surface area contributed by atoms with Crippen molar-refractivity contribution in [3.05, 3.63) is 84.7 Å². The molecule has 2 aromatic carbocycles. The maximum Gasteiger partial charge on any atom is 0.180 e. The summed E-state index contributed by atoms with van der Waals surface area (Å²) in [6.07, 6.45) is 2.77. The van der Waals surface area contributed by atoms with Gasteiger partial charge in [0.15, 0.2) is 15.7 Å². The number of hydrogen-bond acceptors (Lipinski definition) is 4. The fourth-order valence-electron chi connectivity index (χ4n) is 2.56. The molecule has 0 saturated heterocycles. The average molecular weight is 394 g/mol. The molecule has 0 bridgehead atoms. The Kier molecular flexibility index (Phi) is 5.70. The summed E-state index contributed by atoms with van der Waals surface area (Å²) in [6.45, 7) is 9.06. The molecule has 0 amide bonds. The molecule has 6 heteroatoms. The van der Waals surface area contributed by atoms with Crippen LogP contribution in [0.4, 0.5) is 4.39 Å². The minimum Gasteiger partial charge on any atom is -0.256 e. The van der Waals surface area contributed by atoms with Crippen LogP contribution in [0.15, 0.2) is 65.7 Å². The molecule has 0 spiro atoms. The van der Waals surface area contributed by atoms with E-state index in [0.29, 0.717) is 16.8 Å². The Bertz CT molecular complexity index is 1110. The van der Waals surface area contributed by atoms with Crippen molar-refractivity contribution in [2.24, 2.45) is 0 Å². The molecule has 0 aliphatic heterocycles. The third-order valence-corrected chi connectivity index (χ3v) is 6.39. The van der Waals surface area contributed by atoms with Gasteiger partial charge in [-0.2, -0.15) is 0 Å². The van der Waals surface area contributed by atoms with Crippen molar-refractivity contribution in [1.29, 1.82) is 0 Å². The van der Waals surface area contributed by atoms with Crippen LogP contribution >= 0.6 is 0 Å². The van der Waals surface area contributed by atoms with Gasteiger partial charge in [-0.15, -0.1) is 0 Å².